The molecule has 3 aliphatic heterocycles. The van der Waals surface area contributed by atoms with Gasteiger partial charge in [-0.25, -0.2) is 13.4 Å². The van der Waals surface area contributed by atoms with Crippen molar-refractivity contribution in [2.75, 3.05) is 39.9 Å². The Morgan fingerprint density at radius 1 is 1.30 bits per heavy atom. The normalized spacial score (nSPS) is 30.0. The molecular formula is C18H27N3O4S2. The topological polar surface area (TPSA) is 72.0 Å². The van der Waals surface area contributed by atoms with Gasteiger partial charge in [-0.05, 0) is 32.1 Å². The standard InChI is InChI=1S/C18H27N3O4S2/c1-24-15-10-20(11-15)14-8-18(25-12-14)4-6-21(7-5-18)27(22,23)16-9-19-17(26-16)13-2-3-13/h9,13-15H,2-8,10-12H2,1H3. The fourth-order valence-corrected chi connectivity index (χ4v) is 7.41. The predicted octanol–water partition coefficient (Wildman–Crippen LogP) is 1.66. The van der Waals surface area contributed by atoms with Gasteiger partial charge in [-0.3, -0.25) is 4.90 Å². The monoisotopic (exact) mass is 413 g/mol. The molecule has 27 heavy (non-hydrogen) atoms. The fourth-order valence-electron chi connectivity index (χ4n) is 4.49. The van der Waals surface area contributed by atoms with E-state index in [1.165, 1.54) is 11.3 Å². The highest BCUT2D eigenvalue weighted by molar-refractivity contribution is 7.91. The van der Waals surface area contributed by atoms with E-state index in [2.05, 4.69) is 9.88 Å². The summed E-state index contributed by atoms with van der Waals surface area (Å²) in [5, 5.41) is 0.980. The third-order valence-corrected chi connectivity index (χ3v) is 10.1. The number of hydrogen-bond acceptors (Lipinski definition) is 7. The second-order valence-corrected chi connectivity index (χ2v) is 11.6. The number of piperidine rings is 1. The van der Waals surface area contributed by atoms with Crippen molar-refractivity contribution in [3.63, 3.8) is 0 Å². The number of thiazole rings is 1. The van der Waals surface area contributed by atoms with Gasteiger partial charge in [-0.2, -0.15) is 4.31 Å². The van der Waals surface area contributed by atoms with Gasteiger partial charge in [-0.1, -0.05) is 0 Å². The van der Waals surface area contributed by atoms with Crippen molar-refractivity contribution in [1.82, 2.24) is 14.2 Å². The third kappa shape index (κ3) is 3.36. The lowest BCUT2D eigenvalue weighted by Crippen LogP contribution is -2.56. The van der Waals surface area contributed by atoms with Gasteiger partial charge in [0.1, 0.15) is 0 Å². The van der Waals surface area contributed by atoms with Gasteiger partial charge in [0.2, 0.25) is 0 Å². The van der Waals surface area contributed by atoms with E-state index in [4.69, 9.17) is 9.47 Å². The van der Waals surface area contributed by atoms with Gasteiger partial charge in [0.25, 0.3) is 10.0 Å². The van der Waals surface area contributed by atoms with E-state index in [9.17, 15) is 8.42 Å². The second kappa shape index (κ2) is 6.74. The number of ether oxygens (including phenoxy) is 2. The zero-order chi connectivity index (χ0) is 18.6. The third-order valence-electron chi connectivity index (χ3n) is 6.57. The van der Waals surface area contributed by atoms with Crippen LogP contribution in [0.1, 0.15) is 43.0 Å². The lowest BCUT2D eigenvalue weighted by molar-refractivity contribution is -0.0536. The number of likely N-dealkylation sites (tertiary alicyclic amines) is 1. The highest BCUT2D eigenvalue weighted by Crippen LogP contribution is 2.44. The first-order valence-electron chi connectivity index (χ1n) is 9.86. The number of sulfonamides is 1. The number of nitrogens with zero attached hydrogens (tertiary/aromatic N) is 3. The number of methoxy groups -OCH3 is 1. The minimum absolute atomic E-state index is 0.151. The fraction of sp³-hybridized carbons (Fsp3) is 0.833. The van der Waals surface area contributed by atoms with Crippen molar-refractivity contribution >= 4 is 21.4 Å². The minimum atomic E-state index is -3.42. The summed E-state index contributed by atoms with van der Waals surface area (Å²) in [6.07, 6.45) is 6.74. The maximum atomic E-state index is 13.0. The van der Waals surface area contributed by atoms with Crippen LogP contribution in [0.15, 0.2) is 10.4 Å². The maximum absolute atomic E-state index is 13.0. The Bertz CT molecular complexity index is 793. The number of rotatable bonds is 5. The molecule has 5 rings (SSSR count). The van der Waals surface area contributed by atoms with E-state index >= 15 is 0 Å². The Labute approximate surface area is 164 Å². The molecule has 0 aromatic carbocycles. The molecule has 4 fully saturated rings. The van der Waals surface area contributed by atoms with E-state index in [1.807, 2.05) is 0 Å². The van der Waals surface area contributed by atoms with Crippen LogP contribution >= 0.6 is 11.3 Å². The van der Waals surface area contributed by atoms with E-state index in [0.717, 1.165) is 56.8 Å². The molecule has 1 atom stereocenters. The predicted molar refractivity (Wildman–Crippen MR) is 102 cm³/mol. The summed E-state index contributed by atoms with van der Waals surface area (Å²) in [4.78, 5) is 6.77. The zero-order valence-electron chi connectivity index (χ0n) is 15.7. The van der Waals surface area contributed by atoms with Crippen LogP contribution in [0.25, 0.3) is 0 Å². The quantitative estimate of drug-likeness (QED) is 0.731. The Morgan fingerprint density at radius 3 is 2.70 bits per heavy atom. The van der Waals surface area contributed by atoms with Crippen LogP contribution in [-0.4, -0.2) is 80.2 Å². The van der Waals surface area contributed by atoms with Crippen LogP contribution in [-0.2, 0) is 19.5 Å². The highest BCUT2D eigenvalue weighted by Gasteiger charge is 2.48. The van der Waals surface area contributed by atoms with Crippen LogP contribution < -0.4 is 0 Å². The van der Waals surface area contributed by atoms with E-state index in [0.29, 0.717) is 35.4 Å². The smallest absolute Gasteiger partial charge is 0.254 e. The van der Waals surface area contributed by atoms with Crippen molar-refractivity contribution in [2.24, 2.45) is 0 Å². The summed E-state index contributed by atoms with van der Waals surface area (Å²) in [6, 6.07) is 0.446. The summed E-state index contributed by atoms with van der Waals surface area (Å²) < 4.78 is 39.6. The van der Waals surface area contributed by atoms with Gasteiger partial charge >= 0.3 is 0 Å². The van der Waals surface area contributed by atoms with Gasteiger partial charge in [0.05, 0.1) is 29.5 Å². The number of hydrogen-bond donors (Lipinski definition) is 0. The molecule has 1 spiro atoms. The van der Waals surface area contributed by atoms with Crippen LogP contribution in [0.4, 0.5) is 0 Å². The van der Waals surface area contributed by atoms with Crippen molar-refractivity contribution in [2.45, 2.75) is 60.0 Å². The summed E-state index contributed by atoms with van der Waals surface area (Å²) in [5.41, 5.74) is -0.151. The average Bonchev–Trinajstić information content (AvgIpc) is 3.21. The first-order valence-corrected chi connectivity index (χ1v) is 12.1. The molecule has 0 N–H and O–H groups in total. The van der Waals surface area contributed by atoms with E-state index in [1.54, 1.807) is 17.6 Å². The molecule has 0 radical (unpaired) electrons. The summed E-state index contributed by atoms with van der Waals surface area (Å²) in [5.74, 6) is 0.492. The maximum Gasteiger partial charge on any atom is 0.254 e. The van der Waals surface area contributed by atoms with E-state index < -0.39 is 10.0 Å². The van der Waals surface area contributed by atoms with E-state index in [-0.39, 0.29) is 5.60 Å². The lowest BCUT2D eigenvalue weighted by atomic mass is 9.87. The van der Waals surface area contributed by atoms with Crippen LogP contribution in [0, 0.1) is 0 Å². The Kier molecular flexibility index (Phi) is 4.61. The highest BCUT2D eigenvalue weighted by atomic mass is 32.2. The molecule has 3 saturated heterocycles. The van der Waals surface area contributed by atoms with Crippen LogP contribution in [0.2, 0.25) is 0 Å². The van der Waals surface area contributed by atoms with Crippen molar-refractivity contribution in [3.8, 4) is 0 Å². The van der Waals surface area contributed by atoms with Gasteiger partial charge in [0.15, 0.2) is 4.21 Å². The minimum Gasteiger partial charge on any atom is -0.379 e. The Hall–Kier alpha value is -0.580. The molecule has 7 nitrogen and oxygen atoms in total. The van der Waals surface area contributed by atoms with Gasteiger partial charge < -0.3 is 9.47 Å². The second-order valence-electron chi connectivity index (χ2n) is 8.36. The Morgan fingerprint density at radius 2 is 2.04 bits per heavy atom. The first kappa shape index (κ1) is 18.4. The van der Waals surface area contributed by atoms with Crippen LogP contribution in [0.5, 0.6) is 0 Å². The molecule has 9 heteroatoms. The molecule has 150 valence electrons. The molecule has 0 amide bonds. The zero-order valence-corrected chi connectivity index (χ0v) is 17.3. The molecule has 4 heterocycles. The molecule has 1 aromatic heterocycles. The molecular weight excluding hydrogens is 386 g/mol. The molecule has 0 bridgehead atoms. The lowest BCUT2D eigenvalue weighted by Gasteiger charge is -2.42. The molecule has 1 aliphatic carbocycles. The van der Waals surface area contributed by atoms with Crippen LogP contribution in [0.3, 0.4) is 0 Å². The summed E-state index contributed by atoms with van der Waals surface area (Å²) in [6.45, 7) is 3.78. The van der Waals surface area contributed by atoms with Gasteiger partial charge in [0, 0.05) is 45.2 Å². The first-order chi connectivity index (χ1) is 13.0. The Balaban J connectivity index is 1.20. The molecule has 4 aliphatic rings. The van der Waals surface area contributed by atoms with Crippen molar-refractivity contribution in [1.29, 1.82) is 0 Å². The summed E-state index contributed by atoms with van der Waals surface area (Å²) in [7, 11) is -1.65. The molecule has 1 saturated carbocycles. The number of aromatic nitrogens is 1. The summed E-state index contributed by atoms with van der Waals surface area (Å²) >= 11 is 1.35. The average molecular weight is 414 g/mol. The van der Waals surface area contributed by atoms with Gasteiger partial charge in [-0.15, -0.1) is 11.3 Å². The van der Waals surface area contributed by atoms with Crippen molar-refractivity contribution < 1.29 is 17.9 Å². The molecule has 1 unspecified atom stereocenters. The molecule has 1 aromatic rings. The SMILES string of the molecule is COC1CN(C2COC3(CCN(S(=O)(=O)c4cnc(C5CC5)s4)CC3)C2)C1. The largest absolute Gasteiger partial charge is 0.379 e. The van der Waals surface area contributed by atoms with Crippen molar-refractivity contribution in [3.05, 3.63) is 11.2 Å².